The van der Waals surface area contributed by atoms with Crippen molar-refractivity contribution in [3.8, 4) is 11.8 Å². The number of benzene rings is 2. The molecule has 0 saturated carbocycles. The van der Waals surface area contributed by atoms with E-state index in [0.29, 0.717) is 5.69 Å². The Morgan fingerprint density at radius 3 is 2.38 bits per heavy atom. The van der Waals surface area contributed by atoms with Crippen LogP contribution in [-0.2, 0) is 17.1 Å². The van der Waals surface area contributed by atoms with Gasteiger partial charge in [0.1, 0.15) is 17.2 Å². The molecule has 0 aliphatic rings. The van der Waals surface area contributed by atoms with E-state index in [4.69, 9.17) is 0 Å². The van der Waals surface area contributed by atoms with Gasteiger partial charge in [0.05, 0.1) is 23.0 Å². The van der Waals surface area contributed by atoms with Crippen molar-refractivity contribution in [2.45, 2.75) is 11.8 Å². The fourth-order valence-electron chi connectivity index (χ4n) is 3.44. The highest BCUT2D eigenvalue weighted by atomic mass is 32.2. The molecule has 0 radical (unpaired) electrons. The molecule has 172 valence electrons. The highest BCUT2D eigenvalue weighted by Crippen LogP contribution is 2.27. The first-order valence-electron chi connectivity index (χ1n) is 10.2. The quantitative estimate of drug-likeness (QED) is 0.457. The number of hydrogen-bond acceptors (Lipinski definition) is 6. The zero-order valence-electron chi connectivity index (χ0n) is 18.7. The van der Waals surface area contributed by atoms with E-state index < -0.39 is 15.9 Å². The minimum Gasteiger partial charge on any atom is -0.305 e. The van der Waals surface area contributed by atoms with Gasteiger partial charge in [-0.05, 0) is 31.2 Å². The van der Waals surface area contributed by atoms with Gasteiger partial charge in [0.25, 0.3) is 15.9 Å². The van der Waals surface area contributed by atoms with Gasteiger partial charge in [-0.3, -0.25) is 13.8 Å². The second-order valence-corrected chi connectivity index (χ2v) is 9.48. The van der Waals surface area contributed by atoms with Gasteiger partial charge in [-0.1, -0.05) is 35.9 Å². The summed E-state index contributed by atoms with van der Waals surface area (Å²) in [5.41, 5.74) is 1.74. The number of para-hydroxylation sites is 1. The Hall–Kier alpha value is -4.43. The molecule has 0 saturated heterocycles. The Balaban J connectivity index is 1.71. The molecular formula is C23H21N7O3S. The monoisotopic (exact) mass is 475 g/mol. The van der Waals surface area contributed by atoms with Crippen molar-refractivity contribution < 1.29 is 13.2 Å². The molecule has 2 aromatic heterocycles. The smallest absolute Gasteiger partial charge is 0.265 e. The highest BCUT2D eigenvalue weighted by Gasteiger charge is 2.29. The number of nitrogens with zero attached hydrogens (tertiary/aromatic N) is 6. The van der Waals surface area contributed by atoms with E-state index in [1.807, 2.05) is 19.1 Å². The number of aryl methyl sites for hydroxylation is 2. The number of nitriles is 1. The maximum absolute atomic E-state index is 13.3. The van der Waals surface area contributed by atoms with Gasteiger partial charge in [-0.2, -0.15) is 15.5 Å². The first-order valence-corrected chi connectivity index (χ1v) is 11.6. The van der Waals surface area contributed by atoms with E-state index in [1.54, 1.807) is 43.4 Å². The van der Waals surface area contributed by atoms with Crippen LogP contribution in [0.4, 0.5) is 11.6 Å². The minimum atomic E-state index is -3.96. The Morgan fingerprint density at radius 2 is 1.74 bits per heavy atom. The molecule has 4 aromatic rings. The van der Waals surface area contributed by atoms with Crippen LogP contribution in [0.15, 0.2) is 71.9 Å². The van der Waals surface area contributed by atoms with Gasteiger partial charge < -0.3 is 5.32 Å². The number of hydrogen-bond donors (Lipinski definition) is 1. The van der Waals surface area contributed by atoms with Gasteiger partial charge in [0.15, 0.2) is 11.6 Å². The predicted molar refractivity (Wildman–Crippen MR) is 126 cm³/mol. The fraction of sp³-hybridized carbons (Fsp3) is 0.130. The lowest BCUT2D eigenvalue weighted by Crippen LogP contribution is -2.30. The summed E-state index contributed by atoms with van der Waals surface area (Å²) in [5, 5.41) is 20.5. The molecule has 1 N–H and O–H groups in total. The molecule has 0 bridgehead atoms. The van der Waals surface area contributed by atoms with Gasteiger partial charge in [0.2, 0.25) is 0 Å². The molecule has 2 heterocycles. The van der Waals surface area contributed by atoms with Crippen LogP contribution in [0.2, 0.25) is 0 Å². The van der Waals surface area contributed by atoms with Crippen molar-refractivity contribution in [3.05, 3.63) is 83.7 Å². The largest absolute Gasteiger partial charge is 0.305 e. The Kier molecular flexibility index (Phi) is 5.91. The van der Waals surface area contributed by atoms with Crippen LogP contribution in [0, 0.1) is 18.3 Å². The standard InChI is InChI=1S/C23H21N7O3S/c1-16-9-11-19(12-10-16)34(32,33)29(3)23-20(15-25-28(23)2)22(31)27-21-17(13-24)14-26-30(21)18-7-5-4-6-8-18/h4-12,14-15H,1-3H3,(H,27,31). The highest BCUT2D eigenvalue weighted by molar-refractivity contribution is 7.92. The number of carbonyl (C=O) groups excluding carboxylic acids is 1. The maximum atomic E-state index is 13.3. The van der Waals surface area contributed by atoms with Gasteiger partial charge in [-0.25, -0.2) is 13.1 Å². The summed E-state index contributed by atoms with van der Waals surface area (Å²) in [6.07, 6.45) is 2.63. The van der Waals surface area contributed by atoms with Gasteiger partial charge in [0, 0.05) is 14.1 Å². The second kappa shape index (κ2) is 8.84. The van der Waals surface area contributed by atoms with Crippen molar-refractivity contribution in [1.82, 2.24) is 19.6 Å². The van der Waals surface area contributed by atoms with Crippen molar-refractivity contribution in [2.24, 2.45) is 7.05 Å². The molecule has 0 fully saturated rings. The van der Waals surface area contributed by atoms with E-state index in [-0.39, 0.29) is 27.7 Å². The van der Waals surface area contributed by atoms with Crippen LogP contribution >= 0.6 is 0 Å². The summed E-state index contributed by atoms with van der Waals surface area (Å²) in [7, 11) is -1.06. The van der Waals surface area contributed by atoms with Gasteiger partial charge >= 0.3 is 0 Å². The summed E-state index contributed by atoms with van der Waals surface area (Å²) in [4.78, 5) is 13.4. The zero-order chi connectivity index (χ0) is 24.5. The molecule has 0 unspecified atom stereocenters. The second-order valence-electron chi connectivity index (χ2n) is 7.51. The van der Waals surface area contributed by atoms with Crippen LogP contribution in [0.5, 0.6) is 0 Å². The third-order valence-corrected chi connectivity index (χ3v) is 7.01. The van der Waals surface area contributed by atoms with E-state index in [2.05, 4.69) is 15.5 Å². The number of anilines is 2. The summed E-state index contributed by atoms with van der Waals surface area (Å²) in [6, 6.07) is 17.4. The normalized spacial score (nSPS) is 11.1. The molecule has 0 aliphatic heterocycles. The Bertz CT molecular complexity index is 1500. The van der Waals surface area contributed by atoms with Crippen LogP contribution in [-0.4, -0.2) is 40.9 Å². The van der Waals surface area contributed by atoms with E-state index in [1.165, 1.54) is 40.9 Å². The average molecular weight is 476 g/mol. The predicted octanol–water partition coefficient (Wildman–Crippen LogP) is 2.86. The lowest BCUT2D eigenvalue weighted by atomic mass is 10.2. The number of rotatable bonds is 6. The van der Waals surface area contributed by atoms with Crippen LogP contribution < -0.4 is 9.62 Å². The molecule has 34 heavy (non-hydrogen) atoms. The molecule has 1 amide bonds. The SMILES string of the molecule is Cc1ccc(S(=O)(=O)N(C)c2c(C(=O)Nc3c(C#N)cnn3-c3ccccc3)cnn2C)cc1. The van der Waals surface area contributed by atoms with Crippen LogP contribution in [0.3, 0.4) is 0 Å². The third-order valence-electron chi connectivity index (χ3n) is 5.25. The lowest BCUT2D eigenvalue weighted by Gasteiger charge is -2.21. The molecule has 0 atom stereocenters. The maximum Gasteiger partial charge on any atom is 0.265 e. The number of nitrogens with one attached hydrogen (secondary N) is 1. The number of aromatic nitrogens is 4. The van der Waals surface area contributed by atoms with Crippen molar-refractivity contribution in [2.75, 3.05) is 16.7 Å². The summed E-state index contributed by atoms with van der Waals surface area (Å²) in [6.45, 7) is 1.86. The van der Waals surface area contributed by atoms with E-state index in [0.717, 1.165) is 9.87 Å². The third kappa shape index (κ3) is 4.02. The Labute approximate surface area is 196 Å². The van der Waals surface area contributed by atoms with Crippen LogP contribution in [0.1, 0.15) is 21.5 Å². The number of carbonyl (C=O) groups is 1. The Morgan fingerprint density at radius 1 is 1.06 bits per heavy atom. The summed E-state index contributed by atoms with van der Waals surface area (Å²) in [5.74, 6) is -0.400. The zero-order valence-corrected chi connectivity index (χ0v) is 19.5. The summed E-state index contributed by atoms with van der Waals surface area (Å²) >= 11 is 0. The molecule has 10 nitrogen and oxygen atoms in total. The lowest BCUT2D eigenvalue weighted by molar-refractivity contribution is 0.102. The molecule has 0 spiro atoms. The van der Waals surface area contributed by atoms with E-state index >= 15 is 0 Å². The van der Waals surface area contributed by atoms with Gasteiger partial charge in [-0.15, -0.1) is 0 Å². The number of amides is 1. The first kappa shape index (κ1) is 22.8. The molecular weight excluding hydrogens is 454 g/mol. The first-order chi connectivity index (χ1) is 16.2. The van der Waals surface area contributed by atoms with Crippen LogP contribution in [0.25, 0.3) is 5.69 Å². The molecule has 4 rings (SSSR count). The van der Waals surface area contributed by atoms with Crippen molar-refractivity contribution in [1.29, 1.82) is 5.26 Å². The molecule has 0 aliphatic carbocycles. The topological polar surface area (TPSA) is 126 Å². The molecule has 2 aromatic carbocycles. The fourth-order valence-corrected chi connectivity index (χ4v) is 4.68. The average Bonchev–Trinajstić information content (AvgIpc) is 3.42. The minimum absolute atomic E-state index is 0.0189. The molecule has 11 heteroatoms. The van der Waals surface area contributed by atoms with E-state index in [9.17, 15) is 18.5 Å². The van der Waals surface area contributed by atoms with Crippen molar-refractivity contribution >= 4 is 27.6 Å². The summed E-state index contributed by atoms with van der Waals surface area (Å²) < 4.78 is 30.2. The number of sulfonamides is 1. The van der Waals surface area contributed by atoms with Crippen molar-refractivity contribution in [3.63, 3.8) is 0 Å².